The number of anilines is 1. The molecule has 1 atom stereocenters. The van der Waals surface area contributed by atoms with E-state index in [4.69, 9.17) is 0 Å². The Kier molecular flexibility index (Phi) is 5.92. The number of hydrogen-bond acceptors (Lipinski definition) is 4. The molecule has 0 aliphatic carbocycles. The number of aromatic nitrogens is 1. The molecular weight excluding hydrogens is 246 g/mol. The van der Waals surface area contributed by atoms with Gasteiger partial charge in [-0.25, -0.2) is 4.98 Å². The maximum absolute atomic E-state index is 12.0. The van der Waals surface area contributed by atoms with E-state index in [1.54, 1.807) is 0 Å². The van der Waals surface area contributed by atoms with E-state index in [-0.39, 0.29) is 17.5 Å². The largest absolute Gasteiger partial charge is 0.310 e. The van der Waals surface area contributed by atoms with Crippen molar-refractivity contribution in [2.45, 2.75) is 39.5 Å². The van der Waals surface area contributed by atoms with Crippen LogP contribution in [0.15, 0.2) is 18.3 Å². The zero-order chi connectivity index (χ0) is 14.3. The molecule has 1 N–H and O–H groups in total. The van der Waals surface area contributed by atoms with Crippen LogP contribution in [0, 0.1) is 16.0 Å². The fourth-order valence-corrected chi connectivity index (χ4v) is 1.77. The van der Waals surface area contributed by atoms with Gasteiger partial charge in [-0.1, -0.05) is 26.7 Å². The summed E-state index contributed by atoms with van der Waals surface area (Å²) in [6.07, 6.45) is 4.84. The summed E-state index contributed by atoms with van der Waals surface area (Å²) in [6.45, 7) is 4.06. The molecule has 0 aliphatic rings. The Morgan fingerprint density at radius 2 is 2.21 bits per heavy atom. The van der Waals surface area contributed by atoms with Gasteiger partial charge in [-0.2, -0.15) is 0 Å². The van der Waals surface area contributed by atoms with Gasteiger partial charge in [0.15, 0.2) is 0 Å². The third-order valence-corrected chi connectivity index (χ3v) is 2.98. The zero-order valence-electron chi connectivity index (χ0n) is 11.3. The predicted molar refractivity (Wildman–Crippen MR) is 72.8 cm³/mol. The van der Waals surface area contributed by atoms with Gasteiger partial charge in [0, 0.05) is 12.0 Å². The van der Waals surface area contributed by atoms with E-state index in [1.807, 2.05) is 6.92 Å². The Morgan fingerprint density at radius 1 is 1.47 bits per heavy atom. The number of carbonyl (C=O) groups excluding carboxylic acids is 1. The molecule has 0 bridgehead atoms. The van der Waals surface area contributed by atoms with Gasteiger partial charge >= 0.3 is 0 Å². The molecular formula is C13H19N3O3. The molecule has 0 saturated carbocycles. The third kappa shape index (κ3) is 4.65. The minimum atomic E-state index is -0.519. The van der Waals surface area contributed by atoms with Crippen LogP contribution in [0.5, 0.6) is 0 Å². The molecule has 1 rings (SSSR count). The van der Waals surface area contributed by atoms with Gasteiger partial charge in [0.2, 0.25) is 5.91 Å². The summed E-state index contributed by atoms with van der Waals surface area (Å²) < 4.78 is 0. The Hall–Kier alpha value is -1.98. The van der Waals surface area contributed by atoms with E-state index in [2.05, 4.69) is 17.2 Å². The third-order valence-electron chi connectivity index (χ3n) is 2.98. The fraction of sp³-hybridized carbons (Fsp3) is 0.538. The first-order valence-electron chi connectivity index (χ1n) is 6.49. The SMILES string of the molecule is CCCCC(CC)C(=O)Nc1ccc([N+](=O)[O-])cn1. The molecule has 19 heavy (non-hydrogen) atoms. The van der Waals surface area contributed by atoms with Crippen molar-refractivity contribution in [3.63, 3.8) is 0 Å². The standard InChI is InChI=1S/C13H19N3O3/c1-3-5-6-10(4-2)13(17)15-12-8-7-11(9-14-12)16(18)19/h7-10H,3-6H2,1-2H3,(H,14,15,17). The van der Waals surface area contributed by atoms with Crippen LogP contribution < -0.4 is 5.32 Å². The van der Waals surface area contributed by atoms with E-state index < -0.39 is 4.92 Å². The molecule has 0 spiro atoms. The topological polar surface area (TPSA) is 85.1 Å². The van der Waals surface area contributed by atoms with E-state index in [9.17, 15) is 14.9 Å². The van der Waals surface area contributed by atoms with Crippen LogP contribution >= 0.6 is 0 Å². The lowest BCUT2D eigenvalue weighted by Crippen LogP contribution is -2.22. The van der Waals surface area contributed by atoms with Gasteiger partial charge in [-0.05, 0) is 18.9 Å². The Balaban J connectivity index is 2.62. The van der Waals surface area contributed by atoms with Gasteiger partial charge in [-0.15, -0.1) is 0 Å². The second-order valence-corrected chi connectivity index (χ2v) is 4.40. The molecule has 0 aromatic carbocycles. The number of nitrogens with zero attached hydrogens (tertiary/aromatic N) is 2. The summed E-state index contributed by atoms with van der Waals surface area (Å²) in [5.74, 6) is 0.250. The van der Waals surface area contributed by atoms with E-state index in [0.717, 1.165) is 31.9 Å². The van der Waals surface area contributed by atoms with E-state index >= 15 is 0 Å². The first-order valence-corrected chi connectivity index (χ1v) is 6.49. The Bertz CT molecular complexity index is 431. The fourth-order valence-electron chi connectivity index (χ4n) is 1.77. The molecule has 1 amide bonds. The minimum Gasteiger partial charge on any atom is -0.310 e. The average Bonchev–Trinajstić information content (AvgIpc) is 2.40. The predicted octanol–water partition coefficient (Wildman–Crippen LogP) is 3.14. The summed E-state index contributed by atoms with van der Waals surface area (Å²) >= 11 is 0. The number of nitrogens with one attached hydrogen (secondary N) is 1. The number of pyridine rings is 1. The molecule has 0 saturated heterocycles. The molecule has 6 nitrogen and oxygen atoms in total. The minimum absolute atomic E-state index is 0.0306. The number of unbranched alkanes of at least 4 members (excludes halogenated alkanes) is 1. The quantitative estimate of drug-likeness (QED) is 0.606. The number of carbonyl (C=O) groups is 1. The van der Waals surface area contributed by atoms with Crippen LogP contribution in [-0.4, -0.2) is 15.8 Å². The van der Waals surface area contributed by atoms with Gasteiger partial charge in [-0.3, -0.25) is 14.9 Å². The highest BCUT2D eigenvalue weighted by Gasteiger charge is 2.16. The summed E-state index contributed by atoms with van der Waals surface area (Å²) in [5.41, 5.74) is -0.0870. The van der Waals surface area contributed by atoms with Crippen molar-refractivity contribution in [3.8, 4) is 0 Å². The second-order valence-electron chi connectivity index (χ2n) is 4.40. The number of rotatable bonds is 7. The lowest BCUT2D eigenvalue weighted by molar-refractivity contribution is -0.385. The highest BCUT2D eigenvalue weighted by molar-refractivity contribution is 5.91. The van der Waals surface area contributed by atoms with Crippen LogP contribution in [-0.2, 0) is 4.79 Å². The average molecular weight is 265 g/mol. The van der Waals surface area contributed by atoms with Crippen molar-refractivity contribution in [3.05, 3.63) is 28.4 Å². The van der Waals surface area contributed by atoms with Gasteiger partial charge in [0.25, 0.3) is 5.69 Å². The second kappa shape index (κ2) is 7.45. The van der Waals surface area contributed by atoms with Gasteiger partial charge < -0.3 is 5.32 Å². The van der Waals surface area contributed by atoms with Crippen molar-refractivity contribution >= 4 is 17.4 Å². The number of amides is 1. The van der Waals surface area contributed by atoms with Crippen LogP contribution in [0.25, 0.3) is 0 Å². The molecule has 1 aromatic heterocycles. The lowest BCUT2D eigenvalue weighted by Gasteiger charge is -2.13. The van der Waals surface area contributed by atoms with Crippen molar-refractivity contribution in [1.29, 1.82) is 0 Å². The summed E-state index contributed by atoms with van der Waals surface area (Å²) in [5, 5.41) is 13.2. The van der Waals surface area contributed by atoms with Crippen molar-refractivity contribution in [2.24, 2.45) is 5.92 Å². The van der Waals surface area contributed by atoms with Crippen molar-refractivity contribution in [1.82, 2.24) is 4.98 Å². The Morgan fingerprint density at radius 3 is 2.68 bits per heavy atom. The zero-order valence-corrected chi connectivity index (χ0v) is 11.3. The molecule has 0 aliphatic heterocycles. The van der Waals surface area contributed by atoms with E-state index in [1.165, 1.54) is 12.1 Å². The molecule has 1 aromatic rings. The van der Waals surface area contributed by atoms with Crippen LogP contribution in [0.3, 0.4) is 0 Å². The molecule has 6 heteroatoms. The monoisotopic (exact) mass is 265 g/mol. The normalized spacial score (nSPS) is 11.9. The van der Waals surface area contributed by atoms with Gasteiger partial charge in [0.05, 0.1) is 4.92 Å². The number of nitro groups is 1. The van der Waals surface area contributed by atoms with Crippen molar-refractivity contribution in [2.75, 3.05) is 5.32 Å². The summed E-state index contributed by atoms with van der Waals surface area (Å²) in [6, 6.07) is 2.78. The highest BCUT2D eigenvalue weighted by Crippen LogP contribution is 2.16. The summed E-state index contributed by atoms with van der Waals surface area (Å²) in [4.78, 5) is 25.8. The molecule has 0 radical (unpaired) electrons. The van der Waals surface area contributed by atoms with Crippen LogP contribution in [0.4, 0.5) is 11.5 Å². The molecule has 1 unspecified atom stereocenters. The first-order chi connectivity index (χ1) is 9.08. The lowest BCUT2D eigenvalue weighted by atomic mass is 9.98. The molecule has 0 fully saturated rings. The molecule has 1 heterocycles. The highest BCUT2D eigenvalue weighted by atomic mass is 16.6. The van der Waals surface area contributed by atoms with Crippen molar-refractivity contribution < 1.29 is 9.72 Å². The molecule has 104 valence electrons. The smallest absolute Gasteiger partial charge is 0.287 e. The summed E-state index contributed by atoms with van der Waals surface area (Å²) in [7, 11) is 0. The first kappa shape index (κ1) is 15.1. The number of hydrogen-bond donors (Lipinski definition) is 1. The van der Waals surface area contributed by atoms with Crippen LogP contribution in [0.2, 0.25) is 0 Å². The Labute approximate surface area is 112 Å². The maximum Gasteiger partial charge on any atom is 0.287 e. The van der Waals surface area contributed by atoms with Gasteiger partial charge in [0.1, 0.15) is 12.0 Å². The maximum atomic E-state index is 12.0. The van der Waals surface area contributed by atoms with E-state index in [0.29, 0.717) is 5.82 Å². The van der Waals surface area contributed by atoms with Crippen LogP contribution in [0.1, 0.15) is 39.5 Å².